The van der Waals surface area contributed by atoms with Crippen LogP contribution in [0.2, 0.25) is 0 Å². The number of aliphatic hydroxyl groups is 1. The van der Waals surface area contributed by atoms with Crippen LogP contribution in [0.25, 0.3) is 0 Å². The summed E-state index contributed by atoms with van der Waals surface area (Å²) >= 11 is 0. The number of nitrogens with zero attached hydrogens (tertiary/aromatic N) is 2. The summed E-state index contributed by atoms with van der Waals surface area (Å²) in [5.74, 6) is -0.377. The van der Waals surface area contributed by atoms with Crippen LogP contribution in [-0.2, 0) is 17.9 Å². The first-order valence-electron chi connectivity index (χ1n) is 7.87. The molecule has 2 rings (SSSR count). The average Bonchev–Trinajstić information content (AvgIpc) is 2.46. The molecular weight excluding hydrogens is 299 g/mol. The van der Waals surface area contributed by atoms with Gasteiger partial charge in [-0.1, -0.05) is 12.1 Å². The number of hydrogen-bond acceptors (Lipinski definition) is 4. The maximum atomic E-state index is 13.7. The highest BCUT2D eigenvalue weighted by molar-refractivity contribution is 5.68. The van der Waals surface area contributed by atoms with E-state index in [9.17, 15) is 9.18 Å². The van der Waals surface area contributed by atoms with Crippen LogP contribution in [0.5, 0.6) is 0 Å². The maximum absolute atomic E-state index is 13.7. The Morgan fingerprint density at radius 2 is 1.91 bits per heavy atom. The molecule has 0 aliphatic carbocycles. The molecule has 1 saturated heterocycles. The Balaban J connectivity index is 1.85. The highest BCUT2D eigenvalue weighted by Gasteiger charge is 2.25. The number of ether oxygens (including phenoxy) is 1. The third-order valence-electron chi connectivity index (χ3n) is 3.72. The molecule has 5 nitrogen and oxygen atoms in total. The predicted molar refractivity (Wildman–Crippen MR) is 85.4 cm³/mol. The zero-order valence-electron chi connectivity index (χ0n) is 14.0. The van der Waals surface area contributed by atoms with E-state index < -0.39 is 5.60 Å². The number of benzene rings is 1. The number of rotatable bonds is 3. The maximum Gasteiger partial charge on any atom is 0.410 e. The van der Waals surface area contributed by atoms with Gasteiger partial charge in [-0.15, -0.1) is 0 Å². The van der Waals surface area contributed by atoms with E-state index in [-0.39, 0.29) is 18.5 Å². The molecule has 1 aliphatic heterocycles. The molecule has 1 amide bonds. The zero-order chi connectivity index (χ0) is 17.0. The predicted octanol–water partition coefficient (Wildman–Crippen LogP) is 2.37. The van der Waals surface area contributed by atoms with Crippen molar-refractivity contribution in [3.8, 4) is 0 Å². The van der Waals surface area contributed by atoms with E-state index >= 15 is 0 Å². The molecule has 0 atom stereocenters. The lowest BCUT2D eigenvalue weighted by atomic mass is 10.1. The van der Waals surface area contributed by atoms with Crippen LogP contribution in [0.15, 0.2) is 18.2 Å². The lowest BCUT2D eigenvalue weighted by molar-refractivity contribution is 0.0139. The number of halogens is 1. The molecule has 1 heterocycles. The van der Waals surface area contributed by atoms with Crippen molar-refractivity contribution in [1.29, 1.82) is 0 Å². The third-order valence-corrected chi connectivity index (χ3v) is 3.72. The lowest BCUT2D eigenvalue weighted by Crippen LogP contribution is -2.49. The van der Waals surface area contributed by atoms with E-state index in [1.54, 1.807) is 11.0 Å². The van der Waals surface area contributed by atoms with Gasteiger partial charge in [-0.25, -0.2) is 9.18 Å². The van der Waals surface area contributed by atoms with Crippen molar-refractivity contribution < 1.29 is 19.0 Å². The topological polar surface area (TPSA) is 53.0 Å². The summed E-state index contributed by atoms with van der Waals surface area (Å²) in [6.45, 7) is 8.55. The molecule has 23 heavy (non-hydrogen) atoms. The Morgan fingerprint density at radius 3 is 2.43 bits per heavy atom. The van der Waals surface area contributed by atoms with Crippen LogP contribution < -0.4 is 0 Å². The van der Waals surface area contributed by atoms with E-state index in [4.69, 9.17) is 9.84 Å². The quantitative estimate of drug-likeness (QED) is 0.927. The van der Waals surface area contributed by atoms with Crippen LogP contribution in [0.3, 0.4) is 0 Å². The second kappa shape index (κ2) is 7.27. The molecule has 1 aromatic rings. The monoisotopic (exact) mass is 324 g/mol. The van der Waals surface area contributed by atoms with E-state index in [1.807, 2.05) is 26.8 Å². The lowest BCUT2D eigenvalue weighted by Gasteiger charge is -2.35. The molecule has 6 heteroatoms. The highest BCUT2D eigenvalue weighted by atomic mass is 19.1. The van der Waals surface area contributed by atoms with E-state index in [2.05, 4.69) is 4.90 Å². The van der Waals surface area contributed by atoms with Gasteiger partial charge in [-0.3, -0.25) is 4.90 Å². The van der Waals surface area contributed by atoms with E-state index in [0.29, 0.717) is 25.2 Å². The molecule has 0 radical (unpaired) electrons. The van der Waals surface area contributed by atoms with Gasteiger partial charge in [0.25, 0.3) is 0 Å². The number of piperazine rings is 1. The number of carbonyl (C=O) groups excluding carboxylic acids is 1. The van der Waals surface area contributed by atoms with E-state index in [1.165, 1.54) is 6.07 Å². The van der Waals surface area contributed by atoms with Gasteiger partial charge < -0.3 is 14.7 Å². The molecule has 1 fully saturated rings. The molecule has 1 aliphatic rings. The van der Waals surface area contributed by atoms with Gasteiger partial charge in [0.15, 0.2) is 0 Å². The highest BCUT2D eigenvalue weighted by Crippen LogP contribution is 2.15. The van der Waals surface area contributed by atoms with Crippen molar-refractivity contribution in [3.63, 3.8) is 0 Å². The summed E-state index contributed by atoms with van der Waals surface area (Å²) < 4.78 is 19.0. The normalized spacial score (nSPS) is 16.5. The second-order valence-corrected chi connectivity index (χ2v) is 6.83. The van der Waals surface area contributed by atoms with Crippen LogP contribution >= 0.6 is 0 Å². The summed E-state index contributed by atoms with van der Waals surface area (Å²) in [6.07, 6.45) is -0.282. The summed E-state index contributed by atoms with van der Waals surface area (Å²) in [4.78, 5) is 15.9. The molecular formula is C17H25FN2O3. The standard InChI is InChI=1S/C17H25FN2O3/c1-17(2,3)23-16(22)20-8-6-19(7-9-20)11-13-4-5-14(12-21)15(18)10-13/h4-5,10,21H,6-9,11-12H2,1-3H3. The Hall–Kier alpha value is -1.66. The SMILES string of the molecule is CC(C)(C)OC(=O)N1CCN(Cc2ccc(CO)c(F)c2)CC1. The van der Waals surface area contributed by atoms with Crippen molar-refractivity contribution in [2.24, 2.45) is 0 Å². The molecule has 0 bridgehead atoms. The van der Waals surface area contributed by atoms with Crippen LogP contribution in [0.1, 0.15) is 31.9 Å². The second-order valence-electron chi connectivity index (χ2n) is 6.83. The molecule has 1 N–H and O–H groups in total. The first-order valence-corrected chi connectivity index (χ1v) is 7.87. The van der Waals surface area contributed by atoms with Crippen molar-refractivity contribution in [1.82, 2.24) is 9.80 Å². The van der Waals surface area contributed by atoms with Crippen LogP contribution in [0, 0.1) is 5.82 Å². The Morgan fingerprint density at radius 1 is 1.26 bits per heavy atom. The van der Waals surface area contributed by atoms with Gasteiger partial charge in [0.2, 0.25) is 0 Å². The fourth-order valence-electron chi connectivity index (χ4n) is 2.49. The first kappa shape index (κ1) is 17.7. The van der Waals surface area contributed by atoms with E-state index in [0.717, 1.165) is 18.7 Å². The Kier molecular flexibility index (Phi) is 5.59. The fraction of sp³-hybridized carbons (Fsp3) is 0.588. The Bertz CT molecular complexity index is 549. The summed E-state index contributed by atoms with van der Waals surface area (Å²) in [5, 5.41) is 8.99. The minimum Gasteiger partial charge on any atom is -0.444 e. The fourth-order valence-corrected chi connectivity index (χ4v) is 2.49. The summed E-state index contributed by atoms with van der Waals surface area (Å²) in [7, 11) is 0. The van der Waals surface area contributed by atoms with Crippen LogP contribution in [0.4, 0.5) is 9.18 Å². The minimum absolute atomic E-state index is 0.282. The van der Waals surface area contributed by atoms with Crippen LogP contribution in [-0.4, -0.2) is 52.8 Å². The average molecular weight is 324 g/mol. The van der Waals surface area contributed by atoms with Crippen molar-refractivity contribution >= 4 is 6.09 Å². The zero-order valence-corrected chi connectivity index (χ0v) is 14.0. The van der Waals surface area contributed by atoms with Gasteiger partial charge in [0.05, 0.1) is 6.61 Å². The number of aliphatic hydroxyl groups excluding tert-OH is 1. The number of amides is 1. The first-order chi connectivity index (χ1) is 10.8. The van der Waals surface area contributed by atoms with Gasteiger partial charge in [0.1, 0.15) is 11.4 Å². The minimum atomic E-state index is -0.486. The smallest absolute Gasteiger partial charge is 0.410 e. The molecule has 128 valence electrons. The van der Waals surface area contributed by atoms with Gasteiger partial charge in [0, 0.05) is 38.3 Å². The summed E-state index contributed by atoms with van der Waals surface area (Å²) in [5.41, 5.74) is 0.689. The molecule has 0 unspecified atom stereocenters. The van der Waals surface area contributed by atoms with Crippen molar-refractivity contribution in [2.75, 3.05) is 26.2 Å². The molecule has 0 saturated carbocycles. The molecule has 1 aromatic carbocycles. The van der Waals surface area contributed by atoms with Crippen molar-refractivity contribution in [3.05, 3.63) is 35.1 Å². The summed E-state index contributed by atoms with van der Waals surface area (Å²) in [6, 6.07) is 4.91. The van der Waals surface area contributed by atoms with Gasteiger partial charge in [-0.2, -0.15) is 0 Å². The van der Waals surface area contributed by atoms with Gasteiger partial charge in [-0.05, 0) is 32.4 Å². The molecule has 0 aromatic heterocycles. The van der Waals surface area contributed by atoms with Crippen molar-refractivity contribution in [2.45, 2.75) is 39.5 Å². The number of hydrogen-bond donors (Lipinski definition) is 1. The van der Waals surface area contributed by atoms with Gasteiger partial charge >= 0.3 is 6.09 Å². The largest absolute Gasteiger partial charge is 0.444 e. The third kappa shape index (κ3) is 5.18. The Labute approximate surface area is 136 Å². The number of carbonyl (C=O) groups is 1. The molecule has 0 spiro atoms.